The highest BCUT2D eigenvalue weighted by Gasteiger charge is 2.18. The minimum Gasteiger partial charge on any atom is -0.310 e. The van der Waals surface area contributed by atoms with E-state index in [-0.39, 0.29) is 16.5 Å². The van der Waals surface area contributed by atoms with Crippen molar-refractivity contribution in [3.63, 3.8) is 0 Å². The zero-order valence-corrected chi connectivity index (χ0v) is 12.1. The average molecular weight is 278 g/mol. The maximum atomic E-state index is 13.4. The molecule has 17 heavy (non-hydrogen) atoms. The van der Waals surface area contributed by atoms with Crippen LogP contribution in [0.1, 0.15) is 39.3 Å². The van der Waals surface area contributed by atoms with Crippen LogP contribution in [0.4, 0.5) is 4.39 Å². The van der Waals surface area contributed by atoms with Crippen LogP contribution in [-0.2, 0) is 0 Å². The summed E-state index contributed by atoms with van der Waals surface area (Å²) in [6.45, 7) is 9.11. The van der Waals surface area contributed by atoms with Crippen LogP contribution in [0.5, 0.6) is 0 Å². The maximum Gasteiger partial charge on any atom is 0.142 e. The highest BCUT2D eigenvalue weighted by molar-refractivity contribution is 6.36. The van der Waals surface area contributed by atoms with Crippen molar-refractivity contribution >= 4 is 23.2 Å². The molecule has 1 nitrogen and oxygen atoms in total. The predicted molar refractivity (Wildman–Crippen MR) is 72.3 cm³/mol. The normalized spacial score (nSPS) is 13.8. The van der Waals surface area contributed by atoms with Gasteiger partial charge in [-0.25, -0.2) is 4.39 Å². The fourth-order valence-corrected chi connectivity index (χ4v) is 2.20. The predicted octanol–water partition coefficient (Wildman–Crippen LogP) is 4.83. The van der Waals surface area contributed by atoms with Gasteiger partial charge in [-0.1, -0.05) is 44.0 Å². The molecule has 0 saturated heterocycles. The fraction of sp³-hybridized carbons (Fsp3) is 0.538. The topological polar surface area (TPSA) is 12.0 Å². The molecule has 0 fully saturated rings. The maximum absolute atomic E-state index is 13.4. The van der Waals surface area contributed by atoms with Crippen molar-refractivity contribution < 1.29 is 4.39 Å². The van der Waals surface area contributed by atoms with E-state index in [1.54, 1.807) is 0 Å². The number of rotatable bonds is 3. The lowest BCUT2D eigenvalue weighted by Crippen LogP contribution is -2.29. The van der Waals surface area contributed by atoms with Gasteiger partial charge in [-0.3, -0.25) is 0 Å². The molecule has 0 aromatic heterocycles. The third-order valence-electron chi connectivity index (χ3n) is 2.45. The second kappa shape index (κ2) is 5.55. The van der Waals surface area contributed by atoms with E-state index in [1.807, 2.05) is 6.92 Å². The van der Waals surface area contributed by atoms with Crippen molar-refractivity contribution in [3.8, 4) is 0 Å². The Balaban J connectivity index is 2.89. The molecule has 1 unspecified atom stereocenters. The number of nitrogens with one attached hydrogen (secondary N) is 1. The third kappa shape index (κ3) is 4.13. The van der Waals surface area contributed by atoms with Gasteiger partial charge in [0.1, 0.15) is 5.82 Å². The van der Waals surface area contributed by atoms with Crippen LogP contribution in [0.2, 0.25) is 10.0 Å². The van der Waals surface area contributed by atoms with Crippen molar-refractivity contribution in [1.29, 1.82) is 0 Å². The zero-order chi connectivity index (χ0) is 13.2. The van der Waals surface area contributed by atoms with Gasteiger partial charge >= 0.3 is 0 Å². The Morgan fingerprint density at radius 1 is 1.29 bits per heavy atom. The monoisotopic (exact) mass is 277 g/mol. The summed E-state index contributed by atoms with van der Waals surface area (Å²) in [6.07, 6.45) is 0. The Hall–Kier alpha value is -0.310. The van der Waals surface area contributed by atoms with Gasteiger partial charge in [-0.05, 0) is 24.5 Å². The lowest BCUT2D eigenvalue weighted by Gasteiger charge is -2.24. The van der Waals surface area contributed by atoms with Gasteiger partial charge in [0.2, 0.25) is 0 Å². The molecule has 0 aliphatic heterocycles. The molecule has 4 heteroatoms. The summed E-state index contributed by atoms with van der Waals surface area (Å²) in [5.74, 6) is -0.435. The minimum absolute atomic E-state index is 0.0788. The first kappa shape index (κ1) is 14.7. The third-order valence-corrected chi connectivity index (χ3v) is 3.16. The Morgan fingerprint density at radius 3 is 2.41 bits per heavy atom. The molecule has 0 radical (unpaired) electrons. The standard InChI is InChI=1S/C13H18Cl2FN/c1-8(17-7-13(2,3)4)11-9(14)5-6-10(16)12(11)15/h5-6,8,17H,7H2,1-4H3. The summed E-state index contributed by atoms with van der Waals surface area (Å²) in [4.78, 5) is 0. The van der Waals surface area contributed by atoms with Crippen molar-refractivity contribution in [2.75, 3.05) is 6.54 Å². The van der Waals surface area contributed by atoms with Crippen LogP contribution in [0.3, 0.4) is 0 Å². The first-order chi connectivity index (χ1) is 7.72. The van der Waals surface area contributed by atoms with Gasteiger partial charge in [0.15, 0.2) is 0 Å². The Kier molecular flexibility index (Phi) is 4.82. The summed E-state index contributed by atoms with van der Waals surface area (Å²) in [5, 5.41) is 3.91. The average Bonchev–Trinajstić information content (AvgIpc) is 2.20. The van der Waals surface area contributed by atoms with Gasteiger partial charge in [-0.15, -0.1) is 0 Å². The van der Waals surface area contributed by atoms with Crippen LogP contribution in [0.25, 0.3) is 0 Å². The van der Waals surface area contributed by atoms with E-state index >= 15 is 0 Å². The second-order valence-electron chi connectivity index (χ2n) is 5.42. The molecule has 0 bridgehead atoms. The molecule has 0 heterocycles. The number of hydrogen-bond acceptors (Lipinski definition) is 1. The summed E-state index contributed by atoms with van der Waals surface area (Å²) in [5.41, 5.74) is 0.776. The molecule has 1 atom stereocenters. The first-order valence-corrected chi connectivity index (χ1v) is 6.35. The second-order valence-corrected chi connectivity index (χ2v) is 6.21. The van der Waals surface area contributed by atoms with E-state index in [2.05, 4.69) is 26.1 Å². The molecule has 0 spiro atoms. The SMILES string of the molecule is CC(NCC(C)(C)C)c1c(Cl)ccc(F)c1Cl. The van der Waals surface area contributed by atoms with Crippen molar-refractivity contribution in [2.24, 2.45) is 5.41 Å². The molecule has 96 valence electrons. The first-order valence-electron chi connectivity index (χ1n) is 5.59. The molecule has 1 aromatic carbocycles. The molecule has 0 aliphatic rings. The van der Waals surface area contributed by atoms with E-state index in [0.717, 1.165) is 6.54 Å². The lowest BCUT2D eigenvalue weighted by atomic mass is 9.96. The number of benzene rings is 1. The van der Waals surface area contributed by atoms with Crippen LogP contribution in [0.15, 0.2) is 12.1 Å². The van der Waals surface area contributed by atoms with Crippen molar-refractivity contribution in [3.05, 3.63) is 33.6 Å². The van der Waals surface area contributed by atoms with Crippen LogP contribution in [-0.4, -0.2) is 6.54 Å². The molecule has 0 aliphatic carbocycles. The van der Waals surface area contributed by atoms with Gasteiger partial charge in [0.25, 0.3) is 0 Å². The quantitative estimate of drug-likeness (QED) is 0.781. The molecule has 1 rings (SSSR count). The Labute approximate surface area is 112 Å². The van der Waals surface area contributed by atoms with Gasteiger partial charge in [-0.2, -0.15) is 0 Å². The van der Waals surface area contributed by atoms with E-state index in [0.29, 0.717) is 10.6 Å². The zero-order valence-electron chi connectivity index (χ0n) is 10.6. The van der Waals surface area contributed by atoms with Crippen LogP contribution < -0.4 is 5.32 Å². The largest absolute Gasteiger partial charge is 0.310 e. The Bertz CT molecular complexity index is 399. The minimum atomic E-state index is -0.435. The molecular weight excluding hydrogens is 260 g/mol. The number of halogens is 3. The molecule has 1 N–H and O–H groups in total. The summed E-state index contributed by atoms with van der Waals surface area (Å²) < 4.78 is 13.4. The van der Waals surface area contributed by atoms with Crippen molar-refractivity contribution in [1.82, 2.24) is 5.32 Å². The van der Waals surface area contributed by atoms with Gasteiger partial charge < -0.3 is 5.32 Å². The van der Waals surface area contributed by atoms with Gasteiger partial charge in [0.05, 0.1) is 5.02 Å². The number of hydrogen-bond donors (Lipinski definition) is 1. The van der Waals surface area contributed by atoms with Crippen LogP contribution in [0, 0.1) is 11.2 Å². The highest BCUT2D eigenvalue weighted by Crippen LogP contribution is 2.32. The fourth-order valence-electron chi connectivity index (χ4n) is 1.50. The van der Waals surface area contributed by atoms with Crippen molar-refractivity contribution in [2.45, 2.75) is 33.7 Å². The summed E-state index contributed by atoms with van der Waals surface area (Å²) in [7, 11) is 0. The smallest absolute Gasteiger partial charge is 0.142 e. The Morgan fingerprint density at radius 2 is 1.88 bits per heavy atom. The van der Waals surface area contributed by atoms with E-state index in [4.69, 9.17) is 23.2 Å². The van der Waals surface area contributed by atoms with Gasteiger partial charge in [0, 0.05) is 23.2 Å². The molecule has 0 saturated carbocycles. The molecular formula is C13H18Cl2FN. The lowest BCUT2D eigenvalue weighted by molar-refractivity contribution is 0.359. The molecule has 0 amide bonds. The highest BCUT2D eigenvalue weighted by atomic mass is 35.5. The van der Waals surface area contributed by atoms with E-state index in [1.165, 1.54) is 12.1 Å². The summed E-state index contributed by atoms with van der Waals surface area (Å²) in [6, 6.07) is 2.74. The van der Waals surface area contributed by atoms with E-state index < -0.39 is 5.82 Å². The molecule has 1 aromatic rings. The van der Waals surface area contributed by atoms with E-state index in [9.17, 15) is 4.39 Å². The van der Waals surface area contributed by atoms with Crippen LogP contribution >= 0.6 is 23.2 Å². The summed E-state index contributed by atoms with van der Waals surface area (Å²) >= 11 is 12.0.